The van der Waals surface area contributed by atoms with Gasteiger partial charge in [0.2, 0.25) is 0 Å². The Morgan fingerprint density at radius 2 is 1.81 bits per heavy atom. The minimum Gasteiger partial charge on any atom is -0.497 e. The van der Waals surface area contributed by atoms with Crippen molar-refractivity contribution in [1.82, 2.24) is 4.98 Å². The second-order valence-electron chi connectivity index (χ2n) is 7.75. The number of ether oxygens (including phenoxy) is 1. The van der Waals surface area contributed by atoms with Gasteiger partial charge in [-0.1, -0.05) is 23.7 Å². The maximum Gasteiger partial charge on any atom is 0.258 e. The second kappa shape index (κ2) is 8.89. The molecule has 32 heavy (non-hydrogen) atoms. The lowest BCUT2D eigenvalue weighted by atomic mass is 10.1. The largest absolute Gasteiger partial charge is 0.497 e. The molecule has 0 saturated heterocycles. The van der Waals surface area contributed by atoms with Crippen LogP contribution in [0.5, 0.6) is 5.75 Å². The van der Waals surface area contributed by atoms with Crippen LogP contribution in [0.1, 0.15) is 27.0 Å². The zero-order valence-electron chi connectivity index (χ0n) is 18.1. The minimum absolute atomic E-state index is 0.107. The lowest BCUT2D eigenvalue weighted by Gasteiger charge is -2.24. The molecule has 1 aromatic heterocycles. The first-order valence-electron chi connectivity index (χ1n) is 10.2. The number of aryl methyl sites for hydroxylation is 2. The smallest absolute Gasteiger partial charge is 0.258 e. The number of carbonyl (C=O) groups is 1. The number of benzene rings is 3. The van der Waals surface area contributed by atoms with Crippen LogP contribution in [0, 0.1) is 13.8 Å². The molecule has 0 spiro atoms. The van der Waals surface area contributed by atoms with E-state index in [1.54, 1.807) is 54.5 Å². The van der Waals surface area contributed by atoms with E-state index in [0.29, 0.717) is 33.1 Å². The number of H-pyrrole nitrogens is 1. The van der Waals surface area contributed by atoms with E-state index < -0.39 is 0 Å². The molecule has 1 heterocycles. The topological polar surface area (TPSA) is 62.4 Å². The summed E-state index contributed by atoms with van der Waals surface area (Å²) in [5.74, 6) is 0.456. The van der Waals surface area contributed by atoms with Crippen LogP contribution in [0.15, 0.2) is 71.5 Å². The summed E-state index contributed by atoms with van der Waals surface area (Å²) in [4.78, 5) is 30.9. The third kappa shape index (κ3) is 4.39. The number of anilines is 1. The summed E-state index contributed by atoms with van der Waals surface area (Å²) in [6.07, 6.45) is 0. The number of hydrogen-bond acceptors (Lipinski definition) is 3. The normalized spacial score (nSPS) is 10.9. The number of methoxy groups -OCH3 is 1. The first-order valence-corrected chi connectivity index (χ1v) is 10.6. The molecule has 6 heteroatoms. The zero-order valence-corrected chi connectivity index (χ0v) is 18.9. The minimum atomic E-state index is -0.240. The molecule has 3 aromatic carbocycles. The summed E-state index contributed by atoms with van der Waals surface area (Å²) < 4.78 is 5.31. The van der Waals surface area contributed by atoms with Gasteiger partial charge in [-0.15, -0.1) is 0 Å². The van der Waals surface area contributed by atoms with Gasteiger partial charge in [0.1, 0.15) is 5.75 Å². The molecular weight excluding hydrogens is 424 g/mol. The van der Waals surface area contributed by atoms with Crippen molar-refractivity contribution in [2.45, 2.75) is 20.4 Å². The van der Waals surface area contributed by atoms with Gasteiger partial charge in [-0.05, 0) is 79.6 Å². The number of carbonyl (C=O) groups excluding carboxylic acids is 1. The fraction of sp³-hybridized carbons (Fsp3) is 0.154. The molecule has 1 N–H and O–H groups in total. The third-order valence-electron chi connectivity index (χ3n) is 5.58. The Morgan fingerprint density at radius 3 is 2.53 bits per heavy atom. The van der Waals surface area contributed by atoms with Crippen LogP contribution in [-0.2, 0) is 6.54 Å². The molecule has 1 amide bonds. The van der Waals surface area contributed by atoms with Crippen LogP contribution in [-0.4, -0.2) is 18.0 Å². The SMILES string of the molecule is COc1ccc2[nH]c(=O)c(CN(C(=O)c3cccc(Cl)c3)c3ccc(C)c(C)c3)cc2c1. The van der Waals surface area contributed by atoms with E-state index in [1.807, 2.05) is 38.1 Å². The molecule has 0 radical (unpaired) electrons. The van der Waals surface area contributed by atoms with Crippen molar-refractivity contribution >= 4 is 34.1 Å². The highest BCUT2D eigenvalue weighted by molar-refractivity contribution is 6.31. The Bertz CT molecular complexity index is 1380. The van der Waals surface area contributed by atoms with Crippen LogP contribution in [0.25, 0.3) is 10.9 Å². The Morgan fingerprint density at radius 1 is 1.00 bits per heavy atom. The monoisotopic (exact) mass is 446 g/mol. The molecule has 0 atom stereocenters. The summed E-state index contributed by atoms with van der Waals surface area (Å²) in [5, 5.41) is 1.31. The van der Waals surface area contributed by atoms with E-state index in [2.05, 4.69) is 4.98 Å². The molecule has 4 rings (SSSR count). The van der Waals surface area contributed by atoms with E-state index in [-0.39, 0.29) is 18.0 Å². The van der Waals surface area contributed by atoms with E-state index in [4.69, 9.17) is 16.3 Å². The van der Waals surface area contributed by atoms with Gasteiger partial charge in [0.25, 0.3) is 11.5 Å². The van der Waals surface area contributed by atoms with E-state index in [0.717, 1.165) is 16.5 Å². The van der Waals surface area contributed by atoms with Crippen LogP contribution in [0.4, 0.5) is 5.69 Å². The highest BCUT2D eigenvalue weighted by Gasteiger charge is 2.21. The standard InChI is InChI=1S/C26H23ClN2O3/c1-16-7-8-22(11-17(16)2)29(26(31)18-5-4-6-21(27)13-18)15-20-12-19-14-23(32-3)9-10-24(19)28-25(20)30/h4-14H,15H2,1-3H3,(H,28,30). The first-order chi connectivity index (χ1) is 15.4. The molecule has 0 unspecified atom stereocenters. The second-order valence-corrected chi connectivity index (χ2v) is 8.18. The van der Waals surface area contributed by atoms with Gasteiger partial charge in [-0.25, -0.2) is 0 Å². The number of aromatic amines is 1. The Kier molecular flexibility index (Phi) is 6.01. The number of pyridine rings is 1. The molecule has 4 aromatic rings. The summed E-state index contributed by atoms with van der Waals surface area (Å²) >= 11 is 6.13. The maximum absolute atomic E-state index is 13.5. The summed E-state index contributed by atoms with van der Waals surface area (Å²) in [7, 11) is 1.60. The Hall–Kier alpha value is -3.57. The summed E-state index contributed by atoms with van der Waals surface area (Å²) in [6, 6.07) is 19.9. The molecule has 0 saturated carbocycles. The summed E-state index contributed by atoms with van der Waals surface area (Å²) in [5.41, 5.74) is 4.29. The highest BCUT2D eigenvalue weighted by Crippen LogP contribution is 2.25. The molecule has 5 nitrogen and oxygen atoms in total. The van der Waals surface area contributed by atoms with Gasteiger partial charge in [0, 0.05) is 32.7 Å². The molecule has 162 valence electrons. The highest BCUT2D eigenvalue weighted by atomic mass is 35.5. The number of hydrogen-bond donors (Lipinski definition) is 1. The number of amides is 1. The van der Waals surface area contributed by atoms with E-state index in [9.17, 15) is 9.59 Å². The van der Waals surface area contributed by atoms with Crippen molar-refractivity contribution in [1.29, 1.82) is 0 Å². The van der Waals surface area contributed by atoms with Gasteiger partial charge in [0.15, 0.2) is 0 Å². The lowest BCUT2D eigenvalue weighted by molar-refractivity contribution is 0.0985. The molecule has 0 fully saturated rings. The zero-order chi connectivity index (χ0) is 22.8. The fourth-order valence-electron chi connectivity index (χ4n) is 3.60. The van der Waals surface area contributed by atoms with Gasteiger partial charge in [0.05, 0.1) is 13.7 Å². The van der Waals surface area contributed by atoms with Gasteiger partial charge in [-0.3, -0.25) is 9.59 Å². The third-order valence-corrected chi connectivity index (χ3v) is 5.81. The van der Waals surface area contributed by atoms with Crippen molar-refractivity contribution in [3.63, 3.8) is 0 Å². The number of fused-ring (bicyclic) bond motifs is 1. The van der Waals surface area contributed by atoms with E-state index in [1.165, 1.54) is 0 Å². The van der Waals surface area contributed by atoms with E-state index >= 15 is 0 Å². The van der Waals surface area contributed by atoms with Crippen molar-refractivity contribution in [3.8, 4) is 5.75 Å². The Labute approximate surface area is 191 Å². The predicted octanol–water partition coefficient (Wildman–Crippen LogP) is 5.65. The summed E-state index contributed by atoms with van der Waals surface area (Å²) in [6.45, 7) is 4.12. The van der Waals surface area contributed by atoms with Crippen LogP contribution >= 0.6 is 11.6 Å². The first kappa shape index (κ1) is 21.7. The molecular formula is C26H23ClN2O3. The number of nitrogens with zero attached hydrogens (tertiary/aromatic N) is 1. The Balaban J connectivity index is 1.81. The molecule has 0 bridgehead atoms. The molecule has 0 aliphatic rings. The molecule has 0 aliphatic heterocycles. The van der Waals surface area contributed by atoms with Gasteiger partial charge >= 0.3 is 0 Å². The average Bonchev–Trinajstić information content (AvgIpc) is 2.79. The number of aromatic nitrogens is 1. The molecule has 0 aliphatic carbocycles. The number of halogens is 1. The lowest BCUT2D eigenvalue weighted by Crippen LogP contribution is -2.33. The van der Waals surface area contributed by atoms with Crippen molar-refractivity contribution in [3.05, 3.63) is 104 Å². The van der Waals surface area contributed by atoms with Crippen molar-refractivity contribution < 1.29 is 9.53 Å². The van der Waals surface area contributed by atoms with Gasteiger partial charge in [-0.2, -0.15) is 0 Å². The average molecular weight is 447 g/mol. The maximum atomic E-state index is 13.5. The number of nitrogens with one attached hydrogen (secondary N) is 1. The van der Waals surface area contributed by atoms with Crippen molar-refractivity contribution in [2.75, 3.05) is 12.0 Å². The quantitative estimate of drug-likeness (QED) is 0.430. The number of rotatable bonds is 5. The van der Waals surface area contributed by atoms with Crippen LogP contribution < -0.4 is 15.2 Å². The van der Waals surface area contributed by atoms with Crippen LogP contribution in [0.3, 0.4) is 0 Å². The van der Waals surface area contributed by atoms with Crippen molar-refractivity contribution in [2.24, 2.45) is 0 Å². The van der Waals surface area contributed by atoms with Gasteiger partial charge < -0.3 is 14.6 Å². The fourth-order valence-corrected chi connectivity index (χ4v) is 3.79. The predicted molar refractivity (Wildman–Crippen MR) is 129 cm³/mol. The van der Waals surface area contributed by atoms with Crippen LogP contribution in [0.2, 0.25) is 5.02 Å².